The second-order valence-electron chi connectivity index (χ2n) is 6.56. The molecule has 6 nitrogen and oxygen atoms in total. The van der Waals surface area contributed by atoms with Crippen LogP contribution in [-0.2, 0) is 11.8 Å². The Kier molecular flexibility index (Phi) is 4.70. The van der Waals surface area contributed by atoms with Gasteiger partial charge in [0.1, 0.15) is 13.2 Å². The number of benzene rings is 1. The molecule has 2 heterocycles. The molecule has 1 amide bonds. The van der Waals surface area contributed by atoms with Gasteiger partial charge in [-0.15, -0.1) is 0 Å². The number of hydrogen-bond acceptors (Lipinski definition) is 4. The van der Waals surface area contributed by atoms with Crippen molar-refractivity contribution in [2.24, 2.45) is 7.05 Å². The van der Waals surface area contributed by atoms with Crippen LogP contribution in [0, 0.1) is 13.8 Å². The first-order valence-corrected chi connectivity index (χ1v) is 8.58. The third-order valence-electron chi connectivity index (χ3n) is 4.82. The lowest BCUT2D eigenvalue weighted by molar-refractivity contribution is -0.122. The zero-order valence-electron chi connectivity index (χ0n) is 15.4. The maximum Gasteiger partial charge on any atom is 0.227 e. The van der Waals surface area contributed by atoms with Crippen molar-refractivity contribution in [1.82, 2.24) is 15.1 Å². The summed E-state index contributed by atoms with van der Waals surface area (Å²) in [7, 11) is 1.90. The molecule has 0 unspecified atom stereocenters. The molecule has 0 fully saturated rings. The molecule has 0 spiro atoms. The van der Waals surface area contributed by atoms with Crippen LogP contribution in [0.1, 0.15) is 48.3 Å². The van der Waals surface area contributed by atoms with Crippen LogP contribution >= 0.6 is 0 Å². The van der Waals surface area contributed by atoms with E-state index in [0.29, 0.717) is 13.2 Å². The van der Waals surface area contributed by atoms with Gasteiger partial charge in [-0.2, -0.15) is 5.10 Å². The summed E-state index contributed by atoms with van der Waals surface area (Å²) in [6.07, 6.45) is 0. The molecule has 3 rings (SSSR count). The molecule has 134 valence electrons. The lowest BCUT2D eigenvalue weighted by Gasteiger charge is -2.22. The highest BCUT2D eigenvalue weighted by atomic mass is 16.6. The number of amides is 1. The number of aryl methyl sites for hydroxylation is 2. The third kappa shape index (κ3) is 3.34. The first-order chi connectivity index (χ1) is 11.9. The van der Waals surface area contributed by atoms with Gasteiger partial charge in [0.2, 0.25) is 5.91 Å². The largest absolute Gasteiger partial charge is 0.486 e. The van der Waals surface area contributed by atoms with Crippen LogP contribution in [0.2, 0.25) is 0 Å². The van der Waals surface area contributed by atoms with E-state index in [0.717, 1.165) is 34.0 Å². The van der Waals surface area contributed by atoms with Crippen molar-refractivity contribution in [3.63, 3.8) is 0 Å². The van der Waals surface area contributed by atoms with Gasteiger partial charge in [-0.05, 0) is 45.4 Å². The second-order valence-corrected chi connectivity index (χ2v) is 6.56. The average molecular weight is 343 g/mol. The second kappa shape index (κ2) is 6.78. The van der Waals surface area contributed by atoms with Crippen LogP contribution in [0.15, 0.2) is 18.2 Å². The standard InChI is InChI=1S/C19H25N3O3/c1-11(18-13(3)21-22(5)14(18)4)19(23)20-12(2)15-6-7-16-17(10-15)25-9-8-24-16/h6-7,10-12H,8-9H2,1-5H3,(H,20,23)/t11-,12-/m0/s1. The number of rotatable bonds is 4. The molecule has 6 heteroatoms. The van der Waals surface area contributed by atoms with Crippen LogP contribution < -0.4 is 14.8 Å². The molecule has 0 aliphatic carbocycles. The van der Waals surface area contributed by atoms with Gasteiger partial charge in [-0.1, -0.05) is 6.07 Å². The zero-order valence-corrected chi connectivity index (χ0v) is 15.4. The Morgan fingerprint density at radius 1 is 1.20 bits per heavy atom. The fourth-order valence-electron chi connectivity index (χ4n) is 3.30. The van der Waals surface area contributed by atoms with E-state index in [1.165, 1.54) is 0 Å². The minimum Gasteiger partial charge on any atom is -0.486 e. The van der Waals surface area contributed by atoms with E-state index in [1.807, 2.05) is 57.6 Å². The summed E-state index contributed by atoms with van der Waals surface area (Å²) < 4.78 is 13.0. The summed E-state index contributed by atoms with van der Waals surface area (Å²) in [4.78, 5) is 12.7. The van der Waals surface area contributed by atoms with Crippen molar-refractivity contribution in [3.05, 3.63) is 40.7 Å². The molecule has 1 aromatic heterocycles. The average Bonchev–Trinajstić information content (AvgIpc) is 2.85. The van der Waals surface area contributed by atoms with Crippen LogP contribution in [0.4, 0.5) is 0 Å². The van der Waals surface area contributed by atoms with Gasteiger partial charge in [0.05, 0.1) is 17.7 Å². The molecule has 2 atom stereocenters. The van der Waals surface area contributed by atoms with Gasteiger partial charge in [-0.25, -0.2) is 0 Å². The number of aromatic nitrogens is 2. The van der Waals surface area contributed by atoms with Crippen molar-refractivity contribution >= 4 is 5.91 Å². The molecular weight excluding hydrogens is 318 g/mol. The van der Waals surface area contributed by atoms with E-state index in [9.17, 15) is 4.79 Å². The maximum atomic E-state index is 12.7. The lowest BCUT2D eigenvalue weighted by atomic mass is 9.97. The SMILES string of the molecule is Cc1nn(C)c(C)c1[C@H](C)C(=O)N[C@@H](C)c1ccc2c(c1)OCCO2. The van der Waals surface area contributed by atoms with E-state index in [1.54, 1.807) is 0 Å². The Balaban J connectivity index is 1.74. The van der Waals surface area contributed by atoms with Gasteiger partial charge in [-0.3, -0.25) is 9.48 Å². The van der Waals surface area contributed by atoms with Gasteiger partial charge < -0.3 is 14.8 Å². The van der Waals surface area contributed by atoms with Crippen LogP contribution in [0.3, 0.4) is 0 Å². The van der Waals surface area contributed by atoms with Crippen molar-refractivity contribution in [1.29, 1.82) is 0 Å². The predicted octanol–water partition coefficient (Wildman–Crippen LogP) is 2.79. The summed E-state index contributed by atoms with van der Waals surface area (Å²) >= 11 is 0. The fourth-order valence-corrected chi connectivity index (χ4v) is 3.30. The van der Waals surface area contributed by atoms with Crippen LogP contribution in [0.5, 0.6) is 11.5 Å². The fraction of sp³-hybridized carbons (Fsp3) is 0.474. The number of nitrogens with zero attached hydrogens (tertiary/aromatic N) is 2. The lowest BCUT2D eigenvalue weighted by Crippen LogP contribution is -2.31. The predicted molar refractivity (Wildman–Crippen MR) is 95.1 cm³/mol. The Morgan fingerprint density at radius 2 is 1.88 bits per heavy atom. The maximum absolute atomic E-state index is 12.7. The molecule has 0 bridgehead atoms. The molecule has 1 N–H and O–H groups in total. The minimum absolute atomic E-state index is 0.0124. The van der Waals surface area contributed by atoms with Gasteiger partial charge >= 0.3 is 0 Å². The summed E-state index contributed by atoms with van der Waals surface area (Å²) in [5.74, 6) is 1.22. The molecule has 1 aromatic carbocycles. The third-order valence-corrected chi connectivity index (χ3v) is 4.82. The van der Waals surface area contributed by atoms with Gasteiger partial charge in [0.25, 0.3) is 0 Å². The smallest absolute Gasteiger partial charge is 0.227 e. The highest BCUT2D eigenvalue weighted by Crippen LogP contribution is 2.33. The normalized spacial score (nSPS) is 15.6. The molecule has 0 radical (unpaired) electrons. The number of ether oxygens (including phenoxy) is 2. The van der Waals surface area contributed by atoms with Crippen LogP contribution in [-0.4, -0.2) is 28.9 Å². The van der Waals surface area contributed by atoms with E-state index >= 15 is 0 Å². The van der Waals surface area contributed by atoms with E-state index in [-0.39, 0.29) is 17.9 Å². The Morgan fingerprint density at radius 3 is 2.52 bits per heavy atom. The van der Waals surface area contributed by atoms with Crippen molar-refractivity contribution < 1.29 is 14.3 Å². The molecule has 2 aromatic rings. The summed E-state index contributed by atoms with van der Waals surface area (Å²) in [6.45, 7) is 8.94. The summed E-state index contributed by atoms with van der Waals surface area (Å²) in [5.41, 5.74) is 3.90. The number of carbonyl (C=O) groups is 1. The van der Waals surface area contributed by atoms with Gasteiger partial charge in [0.15, 0.2) is 11.5 Å². The van der Waals surface area contributed by atoms with Crippen LogP contribution in [0.25, 0.3) is 0 Å². The number of hydrogen-bond donors (Lipinski definition) is 1. The van der Waals surface area contributed by atoms with E-state index < -0.39 is 0 Å². The number of fused-ring (bicyclic) bond motifs is 1. The molecular formula is C19H25N3O3. The minimum atomic E-state index is -0.256. The Bertz CT molecular complexity index is 797. The van der Waals surface area contributed by atoms with Gasteiger partial charge in [0, 0.05) is 18.3 Å². The molecule has 1 aliphatic rings. The monoisotopic (exact) mass is 343 g/mol. The first-order valence-electron chi connectivity index (χ1n) is 8.58. The summed E-state index contributed by atoms with van der Waals surface area (Å²) in [5, 5.41) is 7.50. The molecule has 25 heavy (non-hydrogen) atoms. The molecule has 0 saturated heterocycles. The van der Waals surface area contributed by atoms with Crippen molar-refractivity contribution in [3.8, 4) is 11.5 Å². The summed E-state index contributed by atoms with van der Waals surface area (Å²) in [6, 6.07) is 5.67. The van der Waals surface area contributed by atoms with Crippen molar-refractivity contribution in [2.75, 3.05) is 13.2 Å². The topological polar surface area (TPSA) is 65.4 Å². The highest BCUT2D eigenvalue weighted by Gasteiger charge is 2.24. The van der Waals surface area contributed by atoms with Crippen molar-refractivity contribution in [2.45, 2.75) is 39.7 Å². The molecule has 1 aliphatic heterocycles. The quantitative estimate of drug-likeness (QED) is 0.927. The number of carbonyl (C=O) groups excluding carboxylic acids is 1. The first kappa shape index (κ1) is 17.3. The highest BCUT2D eigenvalue weighted by molar-refractivity contribution is 5.84. The Hall–Kier alpha value is -2.50. The Labute approximate surface area is 148 Å². The number of nitrogens with one attached hydrogen (secondary N) is 1. The van der Waals surface area contributed by atoms with E-state index in [4.69, 9.17) is 9.47 Å². The van der Waals surface area contributed by atoms with E-state index in [2.05, 4.69) is 10.4 Å². The zero-order chi connectivity index (χ0) is 18.1. The molecule has 0 saturated carbocycles.